The zero-order valence-corrected chi connectivity index (χ0v) is 8.99. The standard InChI is InChI=1S/C11H11ClO3/c1-15-9-5-6-10(12)8(7-9)3-2-4-11(13)14/h2-3,5-7H,4H2,1H3,(H,13,14). The van der Waals surface area contributed by atoms with E-state index >= 15 is 0 Å². The monoisotopic (exact) mass is 226 g/mol. The molecule has 15 heavy (non-hydrogen) atoms. The number of methoxy groups -OCH3 is 1. The minimum absolute atomic E-state index is 0.0203. The molecule has 0 saturated carbocycles. The van der Waals surface area contributed by atoms with Crippen LogP contribution in [-0.4, -0.2) is 18.2 Å². The molecule has 1 aromatic rings. The van der Waals surface area contributed by atoms with Gasteiger partial charge in [0.15, 0.2) is 0 Å². The van der Waals surface area contributed by atoms with E-state index in [0.717, 1.165) is 5.56 Å². The van der Waals surface area contributed by atoms with Crippen LogP contribution < -0.4 is 4.74 Å². The van der Waals surface area contributed by atoms with Gasteiger partial charge in [0.2, 0.25) is 0 Å². The first kappa shape index (κ1) is 11.6. The predicted octanol–water partition coefficient (Wildman–Crippen LogP) is 2.84. The van der Waals surface area contributed by atoms with Gasteiger partial charge in [-0.05, 0) is 23.8 Å². The van der Waals surface area contributed by atoms with Crippen molar-refractivity contribution < 1.29 is 14.6 Å². The lowest BCUT2D eigenvalue weighted by atomic mass is 10.2. The van der Waals surface area contributed by atoms with Crippen LogP contribution in [0.1, 0.15) is 12.0 Å². The number of hydrogen-bond acceptors (Lipinski definition) is 2. The number of carboxylic acid groups (broad SMARTS) is 1. The number of carboxylic acids is 1. The van der Waals surface area contributed by atoms with E-state index in [-0.39, 0.29) is 6.42 Å². The van der Waals surface area contributed by atoms with Crippen molar-refractivity contribution in [3.05, 3.63) is 34.9 Å². The smallest absolute Gasteiger partial charge is 0.307 e. The number of ether oxygens (including phenoxy) is 1. The van der Waals surface area contributed by atoms with Crippen LogP contribution in [0.2, 0.25) is 5.02 Å². The van der Waals surface area contributed by atoms with Crippen LogP contribution in [0.25, 0.3) is 6.08 Å². The number of benzene rings is 1. The average Bonchev–Trinajstić information content (AvgIpc) is 2.20. The number of carbonyl (C=O) groups is 1. The summed E-state index contributed by atoms with van der Waals surface area (Å²) in [4.78, 5) is 10.3. The Morgan fingerprint density at radius 3 is 2.93 bits per heavy atom. The highest BCUT2D eigenvalue weighted by molar-refractivity contribution is 6.32. The number of halogens is 1. The topological polar surface area (TPSA) is 46.5 Å². The summed E-state index contributed by atoms with van der Waals surface area (Å²) in [5.74, 6) is -0.181. The van der Waals surface area contributed by atoms with Gasteiger partial charge < -0.3 is 9.84 Å². The molecule has 0 bridgehead atoms. The molecule has 1 aromatic carbocycles. The van der Waals surface area contributed by atoms with Crippen molar-refractivity contribution >= 4 is 23.6 Å². The first-order valence-electron chi connectivity index (χ1n) is 4.35. The molecular formula is C11H11ClO3. The van der Waals surface area contributed by atoms with E-state index in [9.17, 15) is 4.79 Å². The summed E-state index contributed by atoms with van der Waals surface area (Å²) in [7, 11) is 1.56. The van der Waals surface area contributed by atoms with E-state index in [4.69, 9.17) is 21.4 Å². The second kappa shape index (κ2) is 5.41. The minimum atomic E-state index is -0.870. The second-order valence-corrected chi connectivity index (χ2v) is 3.29. The van der Waals surface area contributed by atoms with Gasteiger partial charge in [-0.25, -0.2) is 0 Å². The Balaban J connectivity index is 2.83. The molecule has 0 saturated heterocycles. The van der Waals surface area contributed by atoms with Gasteiger partial charge in [0.1, 0.15) is 5.75 Å². The Bertz CT molecular complexity index is 385. The molecule has 0 aromatic heterocycles. The van der Waals surface area contributed by atoms with Crippen molar-refractivity contribution in [1.29, 1.82) is 0 Å². The molecule has 1 N–H and O–H groups in total. The van der Waals surface area contributed by atoms with Crippen molar-refractivity contribution in [3.8, 4) is 5.75 Å². The second-order valence-electron chi connectivity index (χ2n) is 2.89. The molecule has 0 atom stereocenters. The average molecular weight is 227 g/mol. The molecule has 0 aliphatic carbocycles. The van der Waals surface area contributed by atoms with Gasteiger partial charge in [0, 0.05) is 5.02 Å². The lowest BCUT2D eigenvalue weighted by molar-refractivity contribution is -0.135. The van der Waals surface area contributed by atoms with Crippen molar-refractivity contribution in [2.45, 2.75) is 6.42 Å². The normalized spacial score (nSPS) is 10.5. The van der Waals surface area contributed by atoms with Gasteiger partial charge in [-0.1, -0.05) is 23.8 Å². The Morgan fingerprint density at radius 2 is 2.33 bits per heavy atom. The third-order valence-corrected chi connectivity index (χ3v) is 2.14. The Kier molecular flexibility index (Phi) is 4.18. The summed E-state index contributed by atoms with van der Waals surface area (Å²) in [6, 6.07) is 5.21. The van der Waals surface area contributed by atoms with Crippen molar-refractivity contribution in [3.63, 3.8) is 0 Å². The van der Waals surface area contributed by atoms with Crippen LogP contribution >= 0.6 is 11.6 Å². The molecule has 4 heteroatoms. The zero-order chi connectivity index (χ0) is 11.3. The van der Waals surface area contributed by atoms with E-state index in [1.54, 1.807) is 37.5 Å². The number of hydrogen-bond donors (Lipinski definition) is 1. The highest BCUT2D eigenvalue weighted by atomic mass is 35.5. The number of aliphatic carboxylic acids is 1. The van der Waals surface area contributed by atoms with Crippen molar-refractivity contribution in [1.82, 2.24) is 0 Å². The van der Waals surface area contributed by atoms with Crippen LogP contribution in [0.4, 0.5) is 0 Å². The summed E-state index contributed by atoms with van der Waals surface area (Å²) in [6.07, 6.45) is 3.19. The van der Waals surface area contributed by atoms with E-state index in [2.05, 4.69) is 0 Å². The summed E-state index contributed by atoms with van der Waals surface area (Å²) in [6.45, 7) is 0. The maximum atomic E-state index is 10.3. The molecule has 80 valence electrons. The maximum Gasteiger partial charge on any atom is 0.307 e. The lowest BCUT2D eigenvalue weighted by Crippen LogP contribution is -1.90. The molecule has 0 amide bonds. The molecule has 0 heterocycles. The fraction of sp³-hybridized carbons (Fsp3) is 0.182. The van der Waals surface area contributed by atoms with E-state index < -0.39 is 5.97 Å². The van der Waals surface area contributed by atoms with Crippen molar-refractivity contribution in [2.24, 2.45) is 0 Å². The molecule has 0 fully saturated rings. The maximum absolute atomic E-state index is 10.3. The third-order valence-electron chi connectivity index (χ3n) is 1.79. The lowest BCUT2D eigenvalue weighted by Gasteiger charge is -2.02. The molecule has 0 radical (unpaired) electrons. The van der Waals surface area contributed by atoms with Gasteiger partial charge >= 0.3 is 5.97 Å². The van der Waals surface area contributed by atoms with Crippen molar-refractivity contribution in [2.75, 3.05) is 7.11 Å². The fourth-order valence-electron chi connectivity index (χ4n) is 1.06. The summed E-state index contributed by atoms with van der Waals surface area (Å²) in [5.41, 5.74) is 0.747. The zero-order valence-electron chi connectivity index (χ0n) is 8.24. The largest absolute Gasteiger partial charge is 0.497 e. The Labute approximate surface area is 92.9 Å². The van der Waals surface area contributed by atoms with Gasteiger partial charge in [-0.2, -0.15) is 0 Å². The predicted molar refractivity (Wildman–Crippen MR) is 59.3 cm³/mol. The fourth-order valence-corrected chi connectivity index (χ4v) is 1.24. The Morgan fingerprint density at radius 1 is 1.60 bits per heavy atom. The van der Waals surface area contributed by atoms with Gasteiger partial charge in [-0.15, -0.1) is 0 Å². The van der Waals surface area contributed by atoms with E-state index in [1.165, 1.54) is 0 Å². The van der Waals surface area contributed by atoms with Gasteiger partial charge in [0.25, 0.3) is 0 Å². The first-order chi connectivity index (χ1) is 7.13. The molecule has 0 spiro atoms. The van der Waals surface area contributed by atoms with E-state index in [1.807, 2.05) is 0 Å². The van der Waals surface area contributed by atoms with Crippen LogP contribution in [-0.2, 0) is 4.79 Å². The summed E-state index contributed by atoms with van der Waals surface area (Å²) >= 11 is 5.91. The van der Waals surface area contributed by atoms with E-state index in [0.29, 0.717) is 10.8 Å². The molecule has 1 rings (SSSR count). The quantitative estimate of drug-likeness (QED) is 0.859. The third kappa shape index (κ3) is 3.64. The van der Waals surface area contributed by atoms with Crippen LogP contribution in [0.3, 0.4) is 0 Å². The van der Waals surface area contributed by atoms with Crippen LogP contribution in [0.15, 0.2) is 24.3 Å². The molecule has 0 aliphatic heterocycles. The highest BCUT2D eigenvalue weighted by Crippen LogP contribution is 2.23. The van der Waals surface area contributed by atoms with Crippen LogP contribution in [0.5, 0.6) is 5.75 Å². The Hall–Kier alpha value is -1.48. The van der Waals surface area contributed by atoms with Gasteiger partial charge in [-0.3, -0.25) is 4.79 Å². The van der Waals surface area contributed by atoms with Gasteiger partial charge in [0.05, 0.1) is 13.5 Å². The minimum Gasteiger partial charge on any atom is -0.497 e. The number of rotatable bonds is 4. The molecule has 3 nitrogen and oxygen atoms in total. The molecular weight excluding hydrogens is 216 g/mol. The summed E-state index contributed by atoms with van der Waals surface area (Å²) in [5, 5.41) is 9.02. The molecule has 0 unspecified atom stereocenters. The first-order valence-corrected chi connectivity index (χ1v) is 4.73. The summed E-state index contributed by atoms with van der Waals surface area (Å²) < 4.78 is 5.03. The molecule has 0 aliphatic rings. The van der Waals surface area contributed by atoms with Crippen LogP contribution in [0, 0.1) is 0 Å². The highest BCUT2D eigenvalue weighted by Gasteiger charge is 1.99. The SMILES string of the molecule is COc1ccc(Cl)c(C=CCC(=O)O)c1.